The van der Waals surface area contributed by atoms with Crippen LogP contribution in [0.2, 0.25) is 0 Å². The van der Waals surface area contributed by atoms with Crippen LogP contribution in [-0.4, -0.2) is 15.6 Å². The van der Waals surface area contributed by atoms with Crippen molar-refractivity contribution in [2.75, 3.05) is 0 Å². The molecule has 1 aromatic rings. The van der Waals surface area contributed by atoms with Crippen LogP contribution in [0.4, 0.5) is 0 Å². The fraction of sp³-hybridized carbons (Fsp3) is 0.500. The van der Waals surface area contributed by atoms with Gasteiger partial charge in [-0.3, -0.25) is 10.5 Å². The van der Waals surface area contributed by atoms with Crippen LogP contribution in [0.3, 0.4) is 0 Å². The molecule has 0 radical (unpaired) electrons. The van der Waals surface area contributed by atoms with Crippen LogP contribution in [-0.2, 0) is 5.60 Å². The van der Waals surface area contributed by atoms with Gasteiger partial charge in [-0.25, -0.2) is 0 Å². The smallest absolute Gasteiger partial charge is 0.0840 e. The highest BCUT2D eigenvalue weighted by atomic mass is 17.0. The van der Waals surface area contributed by atoms with Crippen molar-refractivity contribution in [3.8, 4) is 0 Å². The molecule has 0 aliphatic carbocycles. The highest BCUT2D eigenvalue weighted by Crippen LogP contribution is 2.22. The SMILES string of the molecule is CC(C)c1ccc(C(C)(C)O)cc1.OO. The maximum Gasteiger partial charge on any atom is 0.0840 e. The molecule has 1 rings (SSSR count). The van der Waals surface area contributed by atoms with Crippen LogP contribution in [0.1, 0.15) is 44.7 Å². The number of hydrogen-bond acceptors (Lipinski definition) is 3. The Bertz CT molecular complexity index is 270. The average molecular weight is 212 g/mol. The minimum Gasteiger partial charge on any atom is -0.386 e. The third kappa shape index (κ3) is 4.42. The van der Waals surface area contributed by atoms with Crippen LogP contribution >= 0.6 is 0 Å². The molecule has 0 saturated heterocycles. The van der Waals surface area contributed by atoms with Gasteiger partial charge in [0.2, 0.25) is 0 Å². The maximum atomic E-state index is 9.72. The molecule has 0 aliphatic heterocycles. The van der Waals surface area contributed by atoms with Gasteiger partial charge in [-0.15, -0.1) is 0 Å². The van der Waals surface area contributed by atoms with Gasteiger partial charge >= 0.3 is 0 Å². The van der Waals surface area contributed by atoms with Crippen molar-refractivity contribution >= 4 is 0 Å². The summed E-state index contributed by atoms with van der Waals surface area (Å²) < 4.78 is 0. The summed E-state index contributed by atoms with van der Waals surface area (Å²) in [4.78, 5) is 0. The van der Waals surface area contributed by atoms with E-state index in [4.69, 9.17) is 10.5 Å². The normalized spacial score (nSPS) is 10.9. The number of aliphatic hydroxyl groups is 1. The lowest BCUT2D eigenvalue weighted by Crippen LogP contribution is -2.15. The van der Waals surface area contributed by atoms with Gasteiger partial charge in [0.05, 0.1) is 5.60 Å². The Balaban J connectivity index is 0.000000921. The molecule has 0 saturated carbocycles. The van der Waals surface area contributed by atoms with Crippen LogP contribution in [0.25, 0.3) is 0 Å². The average Bonchev–Trinajstić information content (AvgIpc) is 2.20. The summed E-state index contributed by atoms with van der Waals surface area (Å²) in [6.07, 6.45) is 0. The number of hydrogen-bond donors (Lipinski definition) is 3. The molecular weight excluding hydrogens is 192 g/mol. The molecule has 0 amide bonds. The summed E-state index contributed by atoms with van der Waals surface area (Å²) in [5.74, 6) is 0.552. The highest BCUT2D eigenvalue weighted by molar-refractivity contribution is 5.27. The molecule has 0 fully saturated rings. The Morgan fingerprint density at radius 1 is 1.00 bits per heavy atom. The van der Waals surface area contributed by atoms with E-state index in [1.165, 1.54) is 5.56 Å². The monoisotopic (exact) mass is 212 g/mol. The van der Waals surface area contributed by atoms with Gasteiger partial charge < -0.3 is 5.11 Å². The first-order valence-corrected chi connectivity index (χ1v) is 4.94. The Morgan fingerprint density at radius 2 is 1.40 bits per heavy atom. The standard InChI is InChI=1S/C12H18O.H2O2/c1-9(2)10-5-7-11(8-6-10)12(3,4)13;1-2/h5-9,13H,1-4H3;1-2H. The van der Waals surface area contributed by atoms with E-state index < -0.39 is 5.60 Å². The van der Waals surface area contributed by atoms with E-state index in [2.05, 4.69) is 26.0 Å². The third-order valence-corrected chi connectivity index (χ3v) is 2.28. The van der Waals surface area contributed by atoms with Gasteiger partial charge in [-0.1, -0.05) is 38.1 Å². The molecule has 0 heterocycles. The summed E-state index contributed by atoms with van der Waals surface area (Å²) >= 11 is 0. The van der Waals surface area contributed by atoms with Crippen molar-refractivity contribution < 1.29 is 15.6 Å². The van der Waals surface area contributed by atoms with Crippen LogP contribution in [0.15, 0.2) is 24.3 Å². The molecule has 0 atom stereocenters. The van der Waals surface area contributed by atoms with Gasteiger partial charge in [-0.05, 0) is 30.9 Å². The summed E-state index contributed by atoms with van der Waals surface area (Å²) in [5.41, 5.74) is 1.56. The lowest BCUT2D eigenvalue weighted by Gasteiger charge is -2.18. The summed E-state index contributed by atoms with van der Waals surface area (Å²) in [6, 6.07) is 8.15. The second-order valence-electron chi connectivity index (χ2n) is 4.34. The van der Waals surface area contributed by atoms with E-state index >= 15 is 0 Å². The Morgan fingerprint density at radius 3 is 1.67 bits per heavy atom. The van der Waals surface area contributed by atoms with Crippen LogP contribution < -0.4 is 0 Å². The van der Waals surface area contributed by atoms with Crippen molar-refractivity contribution in [3.05, 3.63) is 35.4 Å². The van der Waals surface area contributed by atoms with Gasteiger partial charge in [0.1, 0.15) is 0 Å². The third-order valence-electron chi connectivity index (χ3n) is 2.28. The zero-order chi connectivity index (χ0) is 12.1. The van der Waals surface area contributed by atoms with Gasteiger partial charge in [0.15, 0.2) is 0 Å². The first-order valence-electron chi connectivity index (χ1n) is 4.94. The Hall–Kier alpha value is -0.900. The van der Waals surface area contributed by atoms with E-state index in [-0.39, 0.29) is 0 Å². The molecule has 3 nitrogen and oxygen atoms in total. The topological polar surface area (TPSA) is 60.7 Å². The lowest BCUT2D eigenvalue weighted by atomic mass is 9.95. The molecule has 0 unspecified atom stereocenters. The molecule has 0 aromatic heterocycles. The second-order valence-corrected chi connectivity index (χ2v) is 4.34. The zero-order valence-corrected chi connectivity index (χ0v) is 9.73. The Labute approximate surface area is 90.9 Å². The number of benzene rings is 1. The molecular formula is C12H20O3. The molecule has 3 heteroatoms. The summed E-state index contributed by atoms with van der Waals surface area (Å²) in [7, 11) is 0. The van der Waals surface area contributed by atoms with Crippen molar-refractivity contribution in [3.63, 3.8) is 0 Å². The second kappa shape index (κ2) is 5.85. The van der Waals surface area contributed by atoms with Crippen molar-refractivity contribution in [1.82, 2.24) is 0 Å². The highest BCUT2D eigenvalue weighted by Gasteiger charge is 2.15. The largest absolute Gasteiger partial charge is 0.386 e. The number of rotatable bonds is 2. The lowest BCUT2D eigenvalue weighted by molar-refractivity contribution is -0.176. The molecule has 3 N–H and O–H groups in total. The molecule has 15 heavy (non-hydrogen) atoms. The fourth-order valence-electron chi connectivity index (χ4n) is 1.28. The predicted octanol–water partition coefficient (Wildman–Crippen LogP) is 3.05. The first-order chi connectivity index (χ1) is 6.91. The quantitative estimate of drug-likeness (QED) is 0.521. The maximum absolute atomic E-state index is 9.72. The van der Waals surface area contributed by atoms with Gasteiger partial charge in [-0.2, -0.15) is 0 Å². The van der Waals surface area contributed by atoms with E-state index in [1.54, 1.807) is 13.8 Å². The molecule has 0 spiro atoms. The minimum atomic E-state index is -0.727. The van der Waals surface area contributed by atoms with Crippen molar-refractivity contribution in [1.29, 1.82) is 0 Å². The fourth-order valence-corrected chi connectivity index (χ4v) is 1.28. The molecule has 0 aliphatic rings. The van der Waals surface area contributed by atoms with Crippen LogP contribution in [0, 0.1) is 0 Å². The first kappa shape index (κ1) is 14.1. The van der Waals surface area contributed by atoms with Crippen molar-refractivity contribution in [2.24, 2.45) is 0 Å². The summed E-state index contributed by atoms with van der Waals surface area (Å²) in [6.45, 7) is 7.94. The van der Waals surface area contributed by atoms with E-state index in [0.717, 1.165) is 5.56 Å². The zero-order valence-electron chi connectivity index (χ0n) is 9.73. The molecule has 1 aromatic carbocycles. The van der Waals surface area contributed by atoms with E-state index in [9.17, 15) is 5.11 Å². The van der Waals surface area contributed by atoms with Gasteiger partial charge in [0.25, 0.3) is 0 Å². The molecule has 86 valence electrons. The van der Waals surface area contributed by atoms with Gasteiger partial charge in [0, 0.05) is 0 Å². The predicted molar refractivity (Wildman–Crippen MR) is 61.0 cm³/mol. The van der Waals surface area contributed by atoms with Crippen LogP contribution in [0.5, 0.6) is 0 Å². The Kier molecular flexibility index (Phi) is 5.50. The van der Waals surface area contributed by atoms with Crippen molar-refractivity contribution in [2.45, 2.75) is 39.2 Å². The minimum absolute atomic E-state index is 0.552. The molecule has 0 bridgehead atoms. The summed E-state index contributed by atoms with van der Waals surface area (Å²) in [5, 5.41) is 21.7. The van der Waals surface area contributed by atoms with E-state index in [1.807, 2.05) is 12.1 Å². The van der Waals surface area contributed by atoms with E-state index in [0.29, 0.717) is 5.92 Å².